The molecule has 180 valence electrons. The molecule has 30 heavy (non-hydrogen) atoms. The Hall–Kier alpha value is -0.920. The van der Waals surface area contributed by atoms with Crippen molar-refractivity contribution >= 4 is 0 Å². The summed E-state index contributed by atoms with van der Waals surface area (Å²) in [5.74, 6) is -5.79. The molecule has 14 heteroatoms. The molecule has 0 aromatic carbocycles. The predicted octanol–water partition coefficient (Wildman–Crippen LogP) is 6.33. The second kappa shape index (κ2) is 8.21. The fourth-order valence-electron chi connectivity index (χ4n) is 3.82. The predicted molar refractivity (Wildman–Crippen MR) is 78.2 cm³/mol. The fraction of sp³-hybridized carbons (Fsp3) is 1.00. The Labute approximate surface area is 163 Å². The van der Waals surface area contributed by atoms with Gasteiger partial charge in [0, 0.05) is 11.8 Å². The third kappa shape index (κ3) is 4.49. The first-order valence-electron chi connectivity index (χ1n) is 8.83. The molecule has 1 rings (SSSR count). The maximum absolute atomic E-state index is 13.7. The minimum atomic E-state index is -6.37. The minimum Gasteiger partial charge on any atom is -0.373 e. The SMILES string of the molecule is CCC(C)OC(C1CCCC(C(O)(C(F)(F)F)C(F)(F)F)C1)(C(F)(F)F)C(F)(F)F. The lowest BCUT2D eigenvalue weighted by atomic mass is 9.66. The molecule has 0 heterocycles. The Morgan fingerprint density at radius 3 is 1.50 bits per heavy atom. The first-order valence-corrected chi connectivity index (χ1v) is 8.83. The summed E-state index contributed by atoms with van der Waals surface area (Å²) in [5, 5.41) is 9.47. The number of hydrogen-bond acceptors (Lipinski definition) is 2. The molecule has 1 N–H and O–H groups in total. The molecule has 0 radical (unpaired) electrons. The van der Waals surface area contributed by atoms with Crippen LogP contribution in [0.15, 0.2) is 0 Å². The highest BCUT2D eigenvalue weighted by Gasteiger charge is 2.78. The molecule has 0 aromatic rings. The van der Waals surface area contributed by atoms with E-state index in [0.717, 1.165) is 6.92 Å². The first kappa shape index (κ1) is 27.1. The molecule has 1 fully saturated rings. The second-order valence-electron chi connectivity index (χ2n) is 7.39. The molecule has 0 aromatic heterocycles. The van der Waals surface area contributed by atoms with Crippen LogP contribution in [0.5, 0.6) is 0 Å². The van der Waals surface area contributed by atoms with Gasteiger partial charge in [-0.25, -0.2) is 0 Å². The van der Waals surface area contributed by atoms with Crippen LogP contribution in [0.4, 0.5) is 52.7 Å². The molecular weight excluding hydrogens is 452 g/mol. The molecule has 0 saturated heterocycles. The van der Waals surface area contributed by atoms with E-state index in [9.17, 15) is 57.8 Å². The molecule has 0 amide bonds. The van der Waals surface area contributed by atoms with Crippen LogP contribution >= 0.6 is 0 Å². The van der Waals surface area contributed by atoms with Crippen LogP contribution < -0.4 is 0 Å². The third-order valence-electron chi connectivity index (χ3n) is 5.51. The van der Waals surface area contributed by atoms with Crippen LogP contribution in [0.1, 0.15) is 46.0 Å². The summed E-state index contributed by atoms with van der Waals surface area (Å²) in [6.07, 6.45) is -31.8. The van der Waals surface area contributed by atoms with Gasteiger partial charge in [0.15, 0.2) is 0 Å². The number of alkyl halides is 12. The van der Waals surface area contributed by atoms with Gasteiger partial charge in [0.2, 0.25) is 0 Å². The average molecular weight is 472 g/mol. The van der Waals surface area contributed by atoms with Crippen LogP contribution in [0.25, 0.3) is 0 Å². The lowest BCUT2D eigenvalue weighted by Crippen LogP contribution is -2.67. The van der Waals surface area contributed by atoms with E-state index in [1.54, 1.807) is 0 Å². The first-order chi connectivity index (χ1) is 13.2. The van der Waals surface area contributed by atoms with Crippen molar-refractivity contribution < 1.29 is 62.5 Å². The number of rotatable bonds is 5. The molecule has 0 aliphatic heterocycles. The van der Waals surface area contributed by atoms with E-state index in [-0.39, 0.29) is 6.42 Å². The summed E-state index contributed by atoms with van der Waals surface area (Å²) < 4.78 is 165. The normalized spacial score (nSPS) is 24.1. The lowest BCUT2D eigenvalue weighted by Gasteiger charge is -2.49. The highest BCUT2D eigenvalue weighted by molar-refractivity contribution is 5.07. The van der Waals surface area contributed by atoms with Gasteiger partial charge in [-0.1, -0.05) is 13.3 Å². The van der Waals surface area contributed by atoms with Crippen LogP contribution in [0, 0.1) is 11.8 Å². The monoisotopic (exact) mass is 472 g/mol. The Morgan fingerprint density at radius 2 is 1.17 bits per heavy atom. The van der Waals surface area contributed by atoms with E-state index in [2.05, 4.69) is 4.74 Å². The second-order valence-corrected chi connectivity index (χ2v) is 7.39. The quantitative estimate of drug-likeness (QED) is 0.474. The molecule has 2 nitrogen and oxygen atoms in total. The Kier molecular flexibility index (Phi) is 7.42. The molecule has 3 unspecified atom stereocenters. The summed E-state index contributed by atoms with van der Waals surface area (Å²) in [7, 11) is 0. The summed E-state index contributed by atoms with van der Waals surface area (Å²) in [5.41, 5.74) is -10.4. The summed E-state index contributed by atoms with van der Waals surface area (Å²) >= 11 is 0. The van der Waals surface area contributed by atoms with Crippen molar-refractivity contribution in [3.63, 3.8) is 0 Å². The summed E-state index contributed by atoms with van der Waals surface area (Å²) in [6.45, 7) is 2.06. The van der Waals surface area contributed by atoms with E-state index in [4.69, 9.17) is 0 Å². The van der Waals surface area contributed by atoms with Crippen molar-refractivity contribution in [2.75, 3.05) is 0 Å². The van der Waals surface area contributed by atoms with E-state index in [0.29, 0.717) is 0 Å². The zero-order valence-corrected chi connectivity index (χ0v) is 15.7. The van der Waals surface area contributed by atoms with E-state index >= 15 is 0 Å². The van der Waals surface area contributed by atoms with Crippen molar-refractivity contribution in [3.05, 3.63) is 0 Å². The van der Waals surface area contributed by atoms with Crippen LogP contribution in [-0.4, -0.2) is 47.1 Å². The molecule has 3 atom stereocenters. The average Bonchev–Trinajstić information content (AvgIpc) is 2.54. The number of hydrogen-bond donors (Lipinski definition) is 1. The van der Waals surface area contributed by atoms with E-state index < -0.39 is 79.5 Å². The van der Waals surface area contributed by atoms with Crippen molar-refractivity contribution in [1.82, 2.24) is 0 Å². The topological polar surface area (TPSA) is 29.5 Å². The maximum atomic E-state index is 13.7. The summed E-state index contributed by atoms with van der Waals surface area (Å²) in [4.78, 5) is 0. The maximum Gasteiger partial charge on any atom is 0.426 e. The standard InChI is InChI=1S/C16H20F12O2/c1-3-8(2)30-12(15(23,24)25,16(26,27)28)10-6-4-5-9(7-10)11(29,13(17,18)19)14(20,21)22/h8-10,29H,3-7H2,1-2H3. The highest BCUT2D eigenvalue weighted by atomic mass is 19.4. The number of halogens is 12. The van der Waals surface area contributed by atoms with Gasteiger partial charge in [-0.05, 0) is 32.6 Å². The number of aliphatic hydroxyl groups is 1. The summed E-state index contributed by atoms with van der Waals surface area (Å²) in [6, 6.07) is 0. The molecule has 1 saturated carbocycles. The van der Waals surface area contributed by atoms with E-state index in [1.165, 1.54) is 6.92 Å². The lowest BCUT2D eigenvalue weighted by molar-refractivity contribution is -0.416. The molecule has 0 spiro atoms. The Bertz CT molecular complexity index is 547. The molecule has 1 aliphatic carbocycles. The van der Waals surface area contributed by atoms with Gasteiger partial charge in [0.05, 0.1) is 6.10 Å². The van der Waals surface area contributed by atoms with Crippen LogP contribution in [0.3, 0.4) is 0 Å². The van der Waals surface area contributed by atoms with Crippen molar-refractivity contribution in [3.8, 4) is 0 Å². The zero-order valence-electron chi connectivity index (χ0n) is 15.7. The van der Waals surface area contributed by atoms with Crippen molar-refractivity contribution in [2.45, 2.75) is 88.0 Å². The fourth-order valence-corrected chi connectivity index (χ4v) is 3.82. The highest BCUT2D eigenvalue weighted by Crippen LogP contribution is 2.59. The number of ether oxygens (including phenoxy) is 1. The van der Waals surface area contributed by atoms with Crippen LogP contribution in [-0.2, 0) is 4.74 Å². The van der Waals surface area contributed by atoms with Gasteiger partial charge in [-0.3, -0.25) is 0 Å². The largest absolute Gasteiger partial charge is 0.426 e. The third-order valence-corrected chi connectivity index (χ3v) is 5.51. The van der Waals surface area contributed by atoms with Crippen LogP contribution in [0.2, 0.25) is 0 Å². The van der Waals surface area contributed by atoms with Gasteiger partial charge in [0.25, 0.3) is 11.2 Å². The van der Waals surface area contributed by atoms with Gasteiger partial charge >= 0.3 is 24.7 Å². The minimum absolute atomic E-state index is 0.334. The van der Waals surface area contributed by atoms with Crippen molar-refractivity contribution in [2.24, 2.45) is 11.8 Å². The molecule has 0 bridgehead atoms. The Balaban J connectivity index is 3.58. The zero-order chi connectivity index (χ0) is 24.0. The molecular formula is C16H20F12O2. The Morgan fingerprint density at radius 1 is 0.767 bits per heavy atom. The molecule has 1 aliphatic rings. The van der Waals surface area contributed by atoms with Crippen molar-refractivity contribution in [1.29, 1.82) is 0 Å². The smallest absolute Gasteiger partial charge is 0.373 e. The van der Waals surface area contributed by atoms with Gasteiger partial charge in [-0.2, -0.15) is 52.7 Å². The van der Waals surface area contributed by atoms with Gasteiger partial charge < -0.3 is 9.84 Å². The van der Waals surface area contributed by atoms with Gasteiger partial charge in [-0.15, -0.1) is 0 Å². The van der Waals surface area contributed by atoms with E-state index in [1.807, 2.05) is 0 Å². The van der Waals surface area contributed by atoms with Gasteiger partial charge in [0.1, 0.15) is 0 Å².